The van der Waals surface area contributed by atoms with Crippen LogP contribution in [0.4, 0.5) is 5.95 Å². The minimum Gasteiger partial charge on any atom is -0.481 e. The van der Waals surface area contributed by atoms with Gasteiger partial charge in [-0.25, -0.2) is 4.98 Å². The molecule has 3 rings (SSSR count). The molecule has 1 fully saturated rings. The fourth-order valence-corrected chi connectivity index (χ4v) is 2.80. The van der Waals surface area contributed by atoms with E-state index < -0.39 is 0 Å². The summed E-state index contributed by atoms with van der Waals surface area (Å²) in [5.41, 5.74) is 7.67. The van der Waals surface area contributed by atoms with Gasteiger partial charge in [0.1, 0.15) is 5.52 Å². The van der Waals surface area contributed by atoms with E-state index in [4.69, 9.17) is 10.5 Å². The van der Waals surface area contributed by atoms with Crippen LogP contribution in [0.5, 0.6) is 5.88 Å². The van der Waals surface area contributed by atoms with Crippen LogP contribution in [0.15, 0.2) is 12.1 Å². The molecule has 1 aliphatic heterocycles. The Morgan fingerprint density at radius 1 is 1.29 bits per heavy atom. The highest BCUT2D eigenvalue weighted by atomic mass is 16.5. The SMILES string of the molecule is COc1ccc2nc(N)n(CC3CN(C)CCN3C)c2n1. The molecular weight excluding hydrogens is 268 g/mol. The summed E-state index contributed by atoms with van der Waals surface area (Å²) in [5.74, 6) is 1.09. The highest BCUT2D eigenvalue weighted by Gasteiger charge is 2.24. The Balaban J connectivity index is 1.93. The summed E-state index contributed by atoms with van der Waals surface area (Å²) in [6.07, 6.45) is 0. The summed E-state index contributed by atoms with van der Waals surface area (Å²) >= 11 is 0. The maximum absolute atomic E-state index is 6.08. The number of likely N-dealkylation sites (N-methyl/N-ethyl adjacent to an activating group) is 2. The largest absolute Gasteiger partial charge is 0.481 e. The van der Waals surface area contributed by atoms with Crippen molar-refractivity contribution in [3.05, 3.63) is 12.1 Å². The van der Waals surface area contributed by atoms with E-state index in [0.29, 0.717) is 17.9 Å². The molecule has 0 amide bonds. The van der Waals surface area contributed by atoms with E-state index in [1.54, 1.807) is 13.2 Å². The van der Waals surface area contributed by atoms with Crippen LogP contribution < -0.4 is 10.5 Å². The number of methoxy groups -OCH3 is 1. The normalized spacial score (nSPS) is 21.0. The van der Waals surface area contributed by atoms with E-state index in [0.717, 1.165) is 37.3 Å². The van der Waals surface area contributed by atoms with Gasteiger partial charge in [-0.1, -0.05) is 0 Å². The lowest BCUT2D eigenvalue weighted by molar-refractivity contribution is 0.104. The van der Waals surface area contributed by atoms with Crippen molar-refractivity contribution < 1.29 is 4.74 Å². The molecule has 2 aromatic heterocycles. The molecule has 0 aromatic carbocycles. The van der Waals surface area contributed by atoms with Gasteiger partial charge >= 0.3 is 0 Å². The molecule has 2 aromatic rings. The van der Waals surface area contributed by atoms with E-state index in [9.17, 15) is 0 Å². The topological polar surface area (TPSA) is 72.4 Å². The molecule has 7 nitrogen and oxygen atoms in total. The molecule has 0 bridgehead atoms. The fraction of sp³-hybridized carbons (Fsp3) is 0.571. The second-order valence-electron chi connectivity index (χ2n) is 5.67. The Kier molecular flexibility index (Phi) is 3.69. The van der Waals surface area contributed by atoms with Crippen LogP contribution in [0.2, 0.25) is 0 Å². The Morgan fingerprint density at radius 2 is 2.10 bits per heavy atom. The first kappa shape index (κ1) is 14.1. The van der Waals surface area contributed by atoms with Gasteiger partial charge < -0.3 is 15.4 Å². The Morgan fingerprint density at radius 3 is 2.86 bits per heavy atom. The minimum absolute atomic E-state index is 0.399. The third-order valence-corrected chi connectivity index (χ3v) is 4.18. The molecule has 0 radical (unpaired) electrons. The second-order valence-corrected chi connectivity index (χ2v) is 5.67. The lowest BCUT2D eigenvalue weighted by atomic mass is 10.2. The van der Waals surface area contributed by atoms with Crippen LogP contribution in [0.3, 0.4) is 0 Å². The highest BCUT2D eigenvalue weighted by Crippen LogP contribution is 2.21. The molecule has 1 unspecified atom stereocenters. The maximum atomic E-state index is 6.08. The molecule has 0 aliphatic carbocycles. The smallest absolute Gasteiger partial charge is 0.215 e. The minimum atomic E-state index is 0.399. The average Bonchev–Trinajstić information content (AvgIpc) is 2.78. The third-order valence-electron chi connectivity index (χ3n) is 4.18. The van der Waals surface area contributed by atoms with Crippen molar-refractivity contribution in [3.63, 3.8) is 0 Å². The summed E-state index contributed by atoms with van der Waals surface area (Å²) in [6.45, 7) is 3.95. The summed E-state index contributed by atoms with van der Waals surface area (Å²) in [6, 6.07) is 4.10. The van der Waals surface area contributed by atoms with E-state index in [-0.39, 0.29) is 0 Å². The van der Waals surface area contributed by atoms with Crippen molar-refractivity contribution in [3.8, 4) is 5.88 Å². The van der Waals surface area contributed by atoms with Gasteiger partial charge in [0.25, 0.3) is 0 Å². The number of fused-ring (bicyclic) bond motifs is 1. The molecule has 2 N–H and O–H groups in total. The molecule has 3 heterocycles. The Labute approximate surface area is 124 Å². The van der Waals surface area contributed by atoms with Crippen LogP contribution in [0.25, 0.3) is 11.2 Å². The molecule has 1 saturated heterocycles. The van der Waals surface area contributed by atoms with Gasteiger partial charge in [0.2, 0.25) is 11.8 Å². The number of nitrogen functional groups attached to an aromatic ring is 1. The van der Waals surface area contributed by atoms with Gasteiger partial charge in [0.05, 0.1) is 7.11 Å². The predicted octanol–water partition coefficient (Wildman–Crippen LogP) is 0.268. The molecule has 114 valence electrons. The number of hydrogen-bond donors (Lipinski definition) is 1. The van der Waals surface area contributed by atoms with Crippen LogP contribution >= 0.6 is 0 Å². The number of rotatable bonds is 3. The van der Waals surface area contributed by atoms with Crippen LogP contribution in [0, 0.1) is 0 Å². The van der Waals surface area contributed by atoms with Gasteiger partial charge in [0, 0.05) is 38.3 Å². The molecular formula is C14H22N6O. The summed E-state index contributed by atoms with van der Waals surface area (Å²) in [4.78, 5) is 13.6. The number of hydrogen-bond acceptors (Lipinski definition) is 6. The lowest BCUT2D eigenvalue weighted by Crippen LogP contribution is -2.51. The first-order valence-corrected chi connectivity index (χ1v) is 7.14. The van der Waals surface area contributed by atoms with E-state index >= 15 is 0 Å². The number of aromatic nitrogens is 3. The first-order chi connectivity index (χ1) is 10.1. The van der Waals surface area contributed by atoms with Crippen molar-refractivity contribution >= 4 is 17.1 Å². The molecule has 7 heteroatoms. The number of pyridine rings is 1. The summed E-state index contributed by atoms with van der Waals surface area (Å²) < 4.78 is 7.19. The van der Waals surface area contributed by atoms with E-state index in [1.807, 2.05) is 10.6 Å². The number of nitrogens with zero attached hydrogens (tertiary/aromatic N) is 5. The average molecular weight is 290 g/mol. The van der Waals surface area contributed by atoms with Gasteiger partial charge in [-0.3, -0.25) is 9.47 Å². The second kappa shape index (κ2) is 5.50. The maximum Gasteiger partial charge on any atom is 0.215 e. The molecule has 1 aliphatic rings. The molecule has 0 spiro atoms. The van der Waals surface area contributed by atoms with Crippen molar-refractivity contribution in [2.75, 3.05) is 46.6 Å². The lowest BCUT2D eigenvalue weighted by Gasteiger charge is -2.37. The van der Waals surface area contributed by atoms with Gasteiger partial charge in [-0.15, -0.1) is 0 Å². The quantitative estimate of drug-likeness (QED) is 0.875. The van der Waals surface area contributed by atoms with E-state index in [1.165, 1.54) is 0 Å². The third kappa shape index (κ3) is 2.66. The molecule has 21 heavy (non-hydrogen) atoms. The number of anilines is 1. The molecule has 0 saturated carbocycles. The zero-order valence-electron chi connectivity index (χ0n) is 12.8. The van der Waals surface area contributed by atoms with Gasteiger partial charge in [0.15, 0.2) is 5.65 Å². The fourth-order valence-electron chi connectivity index (χ4n) is 2.80. The predicted molar refractivity (Wildman–Crippen MR) is 82.4 cm³/mol. The van der Waals surface area contributed by atoms with Gasteiger partial charge in [-0.2, -0.15) is 4.98 Å². The standard InChI is InChI=1S/C14H22N6O/c1-18-6-7-19(2)10(8-18)9-20-13-11(16-14(20)15)4-5-12(17-13)21-3/h4-5,10H,6-9H2,1-3H3,(H2,15,16). The Bertz CT molecular complexity index is 640. The van der Waals surface area contributed by atoms with E-state index in [2.05, 4.69) is 33.9 Å². The monoisotopic (exact) mass is 290 g/mol. The van der Waals surface area contributed by atoms with Gasteiger partial charge in [-0.05, 0) is 20.2 Å². The number of ether oxygens (including phenoxy) is 1. The zero-order valence-corrected chi connectivity index (χ0v) is 12.8. The zero-order chi connectivity index (χ0) is 15.0. The Hall–Kier alpha value is -1.86. The first-order valence-electron chi connectivity index (χ1n) is 7.14. The van der Waals surface area contributed by atoms with Crippen molar-refractivity contribution in [1.29, 1.82) is 0 Å². The van der Waals surface area contributed by atoms with Crippen LogP contribution in [-0.4, -0.2) is 71.2 Å². The number of piperazine rings is 1. The summed E-state index contributed by atoms with van der Waals surface area (Å²) in [5, 5.41) is 0. The van der Waals surface area contributed by atoms with Crippen molar-refractivity contribution in [1.82, 2.24) is 24.3 Å². The van der Waals surface area contributed by atoms with Crippen molar-refractivity contribution in [2.24, 2.45) is 0 Å². The number of imidazole rings is 1. The van der Waals surface area contributed by atoms with Crippen molar-refractivity contribution in [2.45, 2.75) is 12.6 Å². The summed E-state index contributed by atoms with van der Waals surface area (Å²) in [7, 11) is 5.92. The highest BCUT2D eigenvalue weighted by molar-refractivity contribution is 5.74. The molecule has 1 atom stereocenters. The number of nitrogens with two attached hydrogens (primary N) is 1. The van der Waals surface area contributed by atoms with Crippen LogP contribution in [0.1, 0.15) is 0 Å². The van der Waals surface area contributed by atoms with Crippen LogP contribution in [-0.2, 0) is 6.54 Å².